The lowest BCUT2D eigenvalue weighted by molar-refractivity contribution is -0.119. The first-order valence-corrected chi connectivity index (χ1v) is 8.02. The molecule has 0 aromatic heterocycles. The molecule has 0 aliphatic carbocycles. The molecule has 2 amide bonds. The molecule has 0 saturated carbocycles. The summed E-state index contributed by atoms with van der Waals surface area (Å²) in [6.07, 6.45) is 1.89. The minimum atomic E-state index is -0.0576. The first-order chi connectivity index (χ1) is 10.6. The Kier molecular flexibility index (Phi) is 8.04. The highest BCUT2D eigenvalue weighted by Gasteiger charge is 2.14. The van der Waals surface area contributed by atoms with Gasteiger partial charge in [0.05, 0.1) is 6.54 Å². The van der Waals surface area contributed by atoms with Gasteiger partial charge < -0.3 is 15.5 Å². The average molecular weight is 305 g/mol. The van der Waals surface area contributed by atoms with E-state index in [1.54, 1.807) is 6.07 Å². The Bertz CT molecular complexity index is 483. The van der Waals surface area contributed by atoms with Crippen LogP contribution in [0.5, 0.6) is 0 Å². The standard InChI is InChI=1S/C17H27N3O2/c1-4-10-20(11-5-2)17(22)14-8-7-9-15(12-14)19-13-16(21)18-6-3/h7-9,12,19H,4-6,10-11,13H2,1-3H3,(H,18,21). The number of carbonyl (C=O) groups excluding carboxylic acids is 2. The fraction of sp³-hybridized carbons (Fsp3) is 0.529. The summed E-state index contributed by atoms with van der Waals surface area (Å²) < 4.78 is 0. The number of nitrogens with one attached hydrogen (secondary N) is 2. The molecule has 5 nitrogen and oxygen atoms in total. The Morgan fingerprint density at radius 2 is 1.77 bits per heavy atom. The molecular formula is C17H27N3O2. The lowest BCUT2D eigenvalue weighted by Crippen LogP contribution is -2.32. The third-order valence-electron chi connectivity index (χ3n) is 3.21. The third-order valence-corrected chi connectivity index (χ3v) is 3.21. The van der Waals surface area contributed by atoms with Crippen molar-refractivity contribution in [3.05, 3.63) is 29.8 Å². The van der Waals surface area contributed by atoms with Crippen LogP contribution in [0.25, 0.3) is 0 Å². The first-order valence-electron chi connectivity index (χ1n) is 8.02. The predicted octanol–water partition coefficient (Wildman–Crippen LogP) is 2.50. The van der Waals surface area contributed by atoms with Crippen LogP contribution in [0.15, 0.2) is 24.3 Å². The number of benzene rings is 1. The molecule has 22 heavy (non-hydrogen) atoms. The van der Waals surface area contributed by atoms with Crippen molar-refractivity contribution in [2.45, 2.75) is 33.6 Å². The number of hydrogen-bond acceptors (Lipinski definition) is 3. The van der Waals surface area contributed by atoms with Crippen LogP contribution in [-0.4, -0.2) is 42.9 Å². The quantitative estimate of drug-likeness (QED) is 0.737. The van der Waals surface area contributed by atoms with Crippen LogP contribution in [0, 0.1) is 0 Å². The van der Waals surface area contributed by atoms with Gasteiger partial charge >= 0.3 is 0 Å². The van der Waals surface area contributed by atoms with Gasteiger partial charge in [-0.2, -0.15) is 0 Å². The van der Waals surface area contributed by atoms with Gasteiger partial charge in [0.2, 0.25) is 5.91 Å². The van der Waals surface area contributed by atoms with Crippen molar-refractivity contribution >= 4 is 17.5 Å². The normalized spacial score (nSPS) is 10.1. The van der Waals surface area contributed by atoms with Crippen molar-refractivity contribution in [3.8, 4) is 0 Å². The van der Waals surface area contributed by atoms with E-state index in [2.05, 4.69) is 24.5 Å². The number of carbonyl (C=O) groups is 2. The lowest BCUT2D eigenvalue weighted by atomic mass is 10.1. The number of hydrogen-bond donors (Lipinski definition) is 2. The summed E-state index contributed by atoms with van der Waals surface area (Å²) in [5, 5.41) is 5.77. The van der Waals surface area contributed by atoms with E-state index in [0.29, 0.717) is 12.1 Å². The van der Waals surface area contributed by atoms with E-state index in [1.807, 2.05) is 30.0 Å². The van der Waals surface area contributed by atoms with Crippen molar-refractivity contribution in [1.29, 1.82) is 0 Å². The zero-order valence-corrected chi connectivity index (χ0v) is 13.8. The number of nitrogens with zero attached hydrogens (tertiary/aromatic N) is 1. The van der Waals surface area contributed by atoms with Crippen molar-refractivity contribution in [2.75, 3.05) is 31.5 Å². The number of anilines is 1. The lowest BCUT2D eigenvalue weighted by Gasteiger charge is -2.21. The van der Waals surface area contributed by atoms with Gasteiger partial charge in [-0.05, 0) is 38.0 Å². The highest BCUT2D eigenvalue weighted by atomic mass is 16.2. The molecule has 0 bridgehead atoms. The van der Waals surface area contributed by atoms with Gasteiger partial charge in [-0.3, -0.25) is 9.59 Å². The van der Waals surface area contributed by atoms with Gasteiger partial charge in [0.25, 0.3) is 5.91 Å². The highest BCUT2D eigenvalue weighted by Crippen LogP contribution is 2.13. The topological polar surface area (TPSA) is 61.4 Å². The van der Waals surface area contributed by atoms with E-state index in [4.69, 9.17) is 0 Å². The monoisotopic (exact) mass is 305 g/mol. The Balaban J connectivity index is 2.73. The summed E-state index contributed by atoms with van der Waals surface area (Å²) in [6, 6.07) is 7.32. The van der Waals surface area contributed by atoms with E-state index in [0.717, 1.165) is 31.6 Å². The van der Waals surface area contributed by atoms with E-state index < -0.39 is 0 Å². The third kappa shape index (κ3) is 5.76. The Hall–Kier alpha value is -2.04. The minimum Gasteiger partial charge on any atom is -0.376 e. The Morgan fingerprint density at radius 3 is 2.36 bits per heavy atom. The van der Waals surface area contributed by atoms with Crippen LogP contribution in [0.4, 0.5) is 5.69 Å². The zero-order chi connectivity index (χ0) is 16.4. The van der Waals surface area contributed by atoms with Crippen LogP contribution in [0.1, 0.15) is 44.0 Å². The molecule has 1 aromatic carbocycles. The average Bonchev–Trinajstić information content (AvgIpc) is 2.52. The molecule has 0 aliphatic heterocycles. The Morgan fingerprint density at radius 1 is 1.09 bits per heavy atom. The maximum atomic E-state index is 12.5. The molecule has 0 fully saturated rings. The second-order valence-corrected chi connectivity index (χ2v) is 5.18. The Labute approximate surface area is 133 Å². The zero-order valence-electron chi connectivity index (χ0n) is 13.8. The maximum Gasteiger partial charge on any atom is 0.253 e. The van der Waals surface area contributed by atoms with Crippen LogP contribution in [0.2, 0.25) is 0 Å². The minimum absolute atomic E-state index is 0.0466. The van der Waals surface area contributed by atoms with Gasteiger partial charge in [0.1, 0.15) is 0 Å². The first kappa shape index (κ1) is 18.0. The van der Waals surface area contributed by atoms with Crippen LogP contribution in [0.3, 0.4) is 0 Å². The van der Waals surface area contributed by atoms with Crippen molar-refractivity contribution in [2.24, 2.45) is 0 Å². The summed E-state index contributed by atoms with van der Waals surface area (Å²) in [5.41, 5.74) is 1.44. The van der Waals surface area contributed by atoms with E-state index in [1.165, 1.54) is 0 Å². The predicted molar refractivity (Wildman–Crippen MR) is 90.1 cm³/mol. The fourth-order valence-electron chi connectivity index (χ4n) is 2.24. The molecule has 0 spiro atoms. The van der Waals surface area contributed by atoms with Gasteiger partial charge in [-0.1, -0.05) is 19.9 Å². The second-order valence-electron chi connectivity index (χ2n) is 5.18. The van der Waals surface area contributed by atoms with E-state index in [9.17, 15) is 9.59 Å². The largest absolute Gasteiger partial charge is 0.376 e. The smallest absolute Gasteiger partial charge is 0.253 e. The highest BCUT2D eigenvalue weighted by molar-refractivity contribution is 5.95. The molecule has 1 rings (SSSR count). The van der Waals surface area contributed by atoms with E-state index >= 15 is 0 Å². The van der Waals surface area contributed by atoms with Crippen LogP contribution < -0.4 is 10.6 Å². The van der Waals surface area contributed by atoms with Gasteiger partial charge in [0, 0.05) is 30.9 Å². The fourth-order valence-corrected chi connectivity index (χ4v) is 2.24. The van der Waals surface area contributed by atoms with Crippen LogP contribution in [-0.2, 0) is 4.79 Å². The number of amides is 2. The van der Waals surface area contributed by atoms with Crippen molar-refractivity contribution in [1.82, 2.24) is 10.2 Å². The molecule has 0 saturated heterocycles. The van der Waals surface area contributed by atoms with Crippen molar-refractivity contribution < 1.29 is 9.59 Å². The van der Waals surface area contributed by atoms with Gasteiger partial charge in [-0.25, -0.2) is 0 Å². The summed E-state index contributed by atoms with van der Waals surface area (Å²) in [7, 11) is 0. The molecule has 0 aliphatic rings. The molecule has 0 atom stereocenters. The molecule has 0 radical (unpaired) electrons. The maximum absolute atomic E-state index is 12.5. The van der Waals surface area contributed by atoms with Gasteiger partial charge in [-0.15, -0.1) is 0 Å². The number of likely N-dealkylation sites (N-methyl/N-ethyl adjacent to an activating group) is 1. The molecular weight excluding hydrogens is 278 g/mol. The molecule has 2 N–H and O–H groups in total. The van der Waals surface area contributed by atoms with E-state index in [-0.39, 0.29) is 18.4 Å². The summed E-state index contributed by atoms with van der Waals surface area (Å²) in [5.74, 6) is -0.0109. The van der Waals surface area contributed by atoms with Gasteiger partial charge in [0.15, 0.2) is 0 Å². The summed E-state index contributed by atoms with van der Waals surface area (Å²) in [4.78, 5) is 25.9. The molecule has 0 unspecified atom stereocenters. The second kappa shape index (κ2) is 9.82. The summed E-state index contributed by atoms with van der Waals surface area (Å²) in [6.45, 7) is 8.38. The van der Waals surface area contributed by atoms with Crippen molar-refractivity contribution in [3.63, 3.8) is 0 Å². The summed E-state index contributed by atoms with van der Waals surface area (Å²) >= 11 is 0. The van der Waals surface area contributed by atoms with Crippen LogP contribution >= 0.6 is 0 Å². The molecule has 5 heteroatoms. The molecule has 1 aromatic rings. The number of rotatable bonds is 9. The molecule has 122 valence electrons. The molecule has 0 heterocycles. The SMILES string of the molecule is CCCN(CCC)C(=O)c1cccc(NCC(=O)NCC)c1.